The molecular weight excluding hydrogens is 388 g/mol. The van der Waals surface area contributed by atoms with Gasteiger partial charge in [-0.2, -0.15) is 5.10 Å². The fourth-order valence-electron chi connectivity index (χ4n) is 2.70. The molecule has 3 rings (SSSR count). The third kappa shape index (κ3) is 3.89. The molecule has 0 spiro atoms. The van der Waals surface area contributed by atoms with E-state index in [0.717, 1.165) is 4.90 Å². The molecule has 0 unspecified atom stereocenters. The van der Waals surface area contributed by atoms with Crippen molar-refractivity contribution in [3.05, 3.63) is 57.0 Å². The van der Waals surface area contributed by atoms with Crippen LogP contribution < -0.4 is 10.7 Å². The number of aromatic nitrogens is 2. The SMILES string of the molecule is Cc1cc(=O)c(C(=O)O[C@H](C)C(=O)N2CCNC2=O)nn1-c1ccc(Cl)cc1. The Hall–Kier alpha value is -3.20. The Morgan fingerprint density at radius 2 is 1.93 bits per heavy atom. The number of benzene rings is 1. The van der Waals surface area contributed by atoms with Crippen LogP contribution >= 0.6 is 11.6 Å². The number of esters is 1. The largest absolute Gasteiger partial charge is 0.448 e. The predicted octanol–water partition coefficient (Wildman–Crippen LogP) is 1.29. The first-order valence-corrected chi connectivity index (χ1v) is 8.83. The number of ether oxygens (including phenoxy) is 1. The van der Waals surface area contributed by atoms with Crippen LogP contribution in [0, 0.1) is 6.92 Å². The summed E-state index contributed by atoms with van der Waals surface area (Å²) in [6.07, 6.45) is -1.25. The van der Waals surface area contributed by atoms with E-state index in [4.69, 9.17) is 16.3 Å². The highest BCUT2D eigenvalue weighted by Crippen LogP contribution is 2.14. The van der Waals surface area contributed by atoms with Crippen LogP contribution in [-0.4, -0.2) is 51.8 Å². The van der Waals surface area contributed by atoms with Gasteiger partial charge < -0.3 is 10.1 Å². The van der Waals surface area contributed by atoms with Gasteiger partial charge in [0.2, 0.25) is 11.1 Å². The molecule has 1 saturated heterocycles. The number of halogens is 1. The van der Waals surface area contributed by atoms with Crippen LogP contribution in [-0.2, 0) is 9.53 Å². The van der Waals surface area contributed by atoms with E-state index in [1.165, 1.54) is 17.7 Å². The number of aryl methyl sites for hydroxylation is 1. The lowest BCUT2D eigenvalue weighted by molar-refractivity contribution is -0.136. The minimum atomic E-state index is -1.25. The van der Waals surface area contributed by atoms with E-state index < -0.39 is 35.1 Å². The molecule has 1 fully saturated rings. The number of hydrogen-bond donors (Lipinski definition) is 1. The summed E-state index contributed by atoms with van der Waals surface area (Å²) in [5, 5.41) is 7.09. The Bertz CT molecular complexity index is 1000. The summed E-state index contributed by atoms with van der Waals surface area (Å²) < 4.78 is 6.48. The van der Waals surface area contributed by atoms with Crippen LogP contribution in [0.15, 0.2) is 35.1 Å². The molecule has 9 nitrogen and oxygen atoms in total. The summed E-state index contributed by atoms with van der Waals surface area (Å²) in [4.78, 5) is 49.4. The van der Waals surface area contributed by atoms with E-state index >= 15 is 0 Å². The zero-order valence-corrected chi connectivity index (χ0v) is 15.9. The molecule has 0 radical (unpaired) electrons. The van der Waals surface area contributed by atoms with Gasteiger partial charge in [-0.1, -0.05) is 11.6 Å². The molecule has 1 atom stereocenters. The van der Waals surface area contributed by atoms with Crippen molar-refractivity contribution in [2.45, 2.75) is 20.0 Å². The molecule has 146 valence electrons. The Labute approximate surface area is 164 Å². The fourth-order valence-corrected chi connectivity index (χ4v) is 2.83. The van der Waals surface area contributed by atoms with E-state index in [9.17, 15) is 19.2 Å². The normalized spacial score (nSPS) is 14.5. The summed E-state index contributed by atoms with van der Waals surface area (Å²) in [5.74, 6) is -1.72. The standard InChI is InChI=1S/C18H17ClN4O5/c1-10-9-14(24)15(21-23(10)13-5-3-12(19)4-6-13)17(26)28-11(2)16(25)22-8-7-20-18(22)27/h3-6,9,11H,7-8H2,1-2H3,(H,20,27)/t11-/m1/s1. The van der Waals surface area contributed by atoms with Gasteiger partial charge in [-0.15, -0.1) is 0 Å². The Morgan fingerprint density at radius 3 is 2.54 bits per heavy atom. The van der Waals surface area contributed by atoms with Crippen LogP contribution in [0.3, 0.4) is 0 Å². The molecule has 1 aromatic carbocycles. The molecule has 2 aromatic rings. The summed E-state index contributed by atoms with van der Waals surface area (Å²) >= 11 is 5.88. The Morgan fingerprint density at radius 1 is 1.25 bits per heavy atom. The molecule has 0 bridgehead atoms. The minimum Gasteiger partial charge on any atom is -0.448 e. The third-order valence-electron chi connectivity index (χ3n) is 4.13. The van der Waals surface area contributed by atoms with Crippen molar-refractivity contribution in [1.82, 2.24) is 20.0 Å². The topological polar surface area (TPSA) is 111 Å². The molecule has 3 amide bonds. The minimum absolute atomic E-state index is 0.186. The first-order valence-electron chi connectivity index (χ1n) is 8.45. The second-order valence-electron chi connectivity index (χ2n) is 6.16. The molecule has 1 N–H and O–H groups in total. The molecule has 0 saturated carbocycles. The Kier molecular flexibility index (Phi) is 5.46. The van der Waals surface area contributed by atoms with E-state index in [-0.39, 0.29) is 6.54 Å². The summed E-state index contributed by atoms with van der Waals surface area (Å²) in [6, 6.07) is 7.36. The van der Waals surface area contributed by atoms with Crippen molar-refractivity contribution < 1.29 is 19.1 Å². The van der Waals surface area contributed by atoms with E-state index in [1.807, 2.05) is 0 Å². The fraction of sp³-hybridized carbons (Fsp3) is 0.278. The lowest BCUT2D eigenvalue weighted by Gasteiger charge is -2.18. The second kappa shape index (κ2) is 7.81. The van der Waals surface area contributed by atoms with Gasteiger partial charge in [0.15, 0.2) is 6.10 Å². The number of nitrogens with one attached hydrogen (secondary N) is 1. The second-order valence-corrected chi connectivity index (χ2v) is 6.59. The highest BCUT2D eigenvalue weighted by Gasteiger charge is 2.32. The van der Waals surface area contributed by atoms with Gasteiger partial charge in [-0.3, -0.25) is 14.5 Å². The zero-order valence-electron chi connectivity index (χ0n) is 15.1. The van der Waals surface area contributed by atoms with Crippen molar-refractivity contribution >= 4 is 29.5 Å². The number of carbonyl (C=O) groups is 3. The third-order valence-corrected chi connectivity index (χ3v) is 4.38. The lowest BCUT2D eigenvalue weighted by atomic mass is 10.2. The molecule has 0 aliphatic carbocycles. The maximum absolute atomic E-state index is 12.4. The highest BCUT2D eigenvalue weighted by atomic mass is 35.5. The monoisotopic (exact) mass is 404 g/mol. The average molecular weight is 405 g/mol. The number of carbonyl (C=O) groups excluding carboxylic acids is 3. The van der Waals surface area contributed by atoms with Gasteiger partial charge in [0.25, 0.3) is 5.91 Å². The predicted molar refractivity (Wildman–Crippen MR) is 99.6 cm³/mol. The quantitative estimate of drug-likeness (QED) is 0.769. The summed E-state index contributed by atoms with van der Waals surface area (Å²) in [5.41, 5.74) is -0.00657. The zero-order chi connectivity index (χ0) is 20.4. The van der Waals surface area contributed by atoms with E-state index in [0.29, 0.717) is 22.9 Å². The number of hydrogen-bond acceptors (Lipinski definition) is 6. The van der Waals surface area contributed by atoms with Crippen LogP contribution in [0.4, 0.5) is 4.79 Å². The number of rotatable bonds is 4. The first kappa shape index (κ1) is 19.6. The molecule has 10 heteroatoms. The van der Waals surface area contributed by atoms with Crippen LogP contribution in [0.25, 0.3) is 5.69 Å². The first-order chi connectivity index (χ1) is 13.3. The smallest absolute Gasteiger partial charge is 0.363 e. The van der Waals surface area contributed by atoms with Crippen LogP contribution in [0.5, 0.6) is 0 Å². The summed E-state index contributed by atoms with van der Waals surface area (Å²) in [6.45, 7) is 3.51. The number of amides is 3. The maximum Gasteiger partial charge on any atom is 0.363 e. The van der Waals surface area contributed by atoms with Gasteiger partial charge in [0.1, 0.15) is 0 Å². The summed E-state index contributed by atoms with van der Waals surface area (Å²) in [7, 11) is 0. The lowest BCUT2D eigenvalue weighted by Crippen LogP contribution is -2.42. The van der Waals surface area contributed by atoms with E-state index in [1.54, 1.807) is 31.2 Å². The molecule has 1 aliphatic heterocycles. The average Bonchev–Trinajstić information content (AvgIpc) is 3.08. The Balaban J connectivity index is 1.84. The van der Waals surface area contributed by atoms with Crippen molar-refractivity contribution in [3.8, 4) is 5.69 Å². The molecule has 1 aliphatic rings. The number of nitrogens with zero attached hydrogens (tertiary/aromatic N) is 3. The van der Waals surface area contributed by atoms with Gasteiger partial charge in [-0.25, -0.2) is 14.3 Å². The molecular formula is C18H17ClN4O5. The molecule has 2 heterocycles. The highest BCUT2D eigenvalue weighted by molar-refractivity contribution is 6.30. The number of urea groups is 1. The van der Waals surface area contributed by atoms with Crippen molar-refractivity contribution in [2.75, 3.05) is 13.1 Å². The number of imide groups is 1. The van der Waals surface area contributed by atoms with Gasteiger partial charge in [0.05, 0.1) is 5.69 Å². The molecule has 1 aromatic heterocycles. The van der Waals surface area contributed by atoms with E-state index in [2.05, 4.69) is 10.4 Å². The van der Waals surface area contributed by atoms with Crippen molar-refractivity contribution in [1.29, 1.82) is 0 Å². The van der Waals surface area contributed by atoms with Crippen LogP contribution in [0.2, 0.25) is 5.02 Å². The molecule has 28 heavy (non-hydrogen) atoms. The maximum atomic E-state index is 12.4. The van der Waals surface area contributed by atoms with Gasteiger partial charge in [0, 0.05) is 29.9 Å². The van der Waals surface area contributed by atoms with Gasteiger partial charge >= 0.3 is 12.0 Å². The van der Waals surface area contributed by atoms with Crippen molar-refractivity contribution in [2.24, 2.45) is 0 Å². The van der Waals surface area contributed by atoms with Crippen molar-refractivity contribution in [3.63, 3.8) is 0 Å². The van der Waals surface area contributed by atoms with Gasteiger partial charge in [-0.05, 0) is 38.1 Å². The van der Waals surface area contributed by atoms with Crippen LogP contribution in [0.1, 0.15) is 23.1 Å².